The van der Waals surface area contributed by atoms with Gasteiger partial charge >= 0.3 is 0 Å². The van der Waals surface area contributed by atoms with Crippen LogP contribution >= 0.6 is 27.7 Å². The van der Waals surface area contributed by atoms with Crippen molar-refractivity contribution in [1.82, 2.24) is 8.75 Å². The van der Waals surface area contributed by atoms with Gasteiger partial charge < -0.3 is 5.32 Å². The molecule has 1 N–H and O–H groups in total. The van der Waals surface area contributed by atoms with E-state index >= 15 is 0 Å². The summed E-state index contributed by atoms with van der Waals surface area (Å²) in [6.07, 6.45) is 0. The first-order valence-electron chi connectivity index (χ1n) is 6.45. The Hall–Kier alpha value is -1.84. The van der Waals surface area contributed by atoms with Crippen LogP contribution in [-0.2, 0) is 14.6 Å². The largest absolute Gasteiger partial charge is 0.325 e. The smallest absolute Gasteiger partial charge is 0.239 e. The van der Waals surface area contributed by atoms with Gasteiger partial charge in [0, 0.05) is 10.2 Å². The summed E-state index contributed by atoms with van der Waals surface area (Å²) in [5, 5.41) is 2.57. The predicted octanol–water partition coefficient (Wildman–Crippen LogP) is 2.87. The molecule has 0 aliphatic rings. The van der Waals surface area contributed by atoms with Gasteiger partial charge in [-0.2, -0.15) is 8.75 Å². The van der Waals surface area contributed by atoms with Gasteiger partial charge in [-0.1, -0.05) is 28.1 Å². The summed E-state index contributed by atoms with van der Waals surface area (Å²) in [4.78, 5) is 12.1. The summed E-state index contributed by atoms with van der Waals surface area (Å²) in [5.74, 6) is -1.26. The molecule has 1 aromatic heterocycles. The van der Waals surface area contributed by atoms with Crippen molar-refractivity contribution in [2.45, 2.75) is 4.90 Å². The molecule has 0 fully saturated rings. The molecule has 0 radical (unpaired) electrons. The molecule has 0 aliphatic heterocycles. The average molecular weight is 412 g/mol. The van der Waals surface area contributed by atoms with Gasteiger partial charge in [0.05, 0.1) is 16.6 Å². The highest BCUT2D eigenvalue weighted by atomic mass is 79.9. The van der Waals surface area contributed by atoms with E-state index in [-0.39, 0.29) is 4.90 Å². The minimum atomic E-state index is -3.81. The van der Waals surface area contributed by atoms with E-state index in [0.717, 1.165) is 16.2 Å². The average Bonchev–Trinajstić information content (AvgIpc) is 2.94. The van der Waals surface area contributed by atoms with Crippen molar-refractivity contribution in [3.8, 4) is 0 Å². The summed E-state index contributed by atoms with van der Waals surface area (Å²) < 4.78 is 33.8. The Kier molecular flexibility index (Phi) is 4.42. The molecule has 23 heavy (non-hydrogen) atoms. The number of aromatic nitrogens is 2. The van der Waals surface area contributed by atoms with Gasteiger partial charge in [-0.05, 0) is 30.3 Å². The van der Waals surface area contributed by atoms with Crippen molar-refractivity contribution >= 4 is 60.1 Å². The normalized spacial score (nSPS) is 11.5. The maximum absolute atomic E-state index is 12.5. The molecule has 9 heteroatoms. The molecule has 118 valence electrons. The van der Waals surface area contributed by atoms with Gasteiger partial charge in [0.1, 0.15) is 16.8 Å². The van der Waals surface area contributed by atoms with Crippen molar-refractivity contribution in [3.05, 3.63) is 46.9 Å². The maximum atomic E-state index is 12.5. The molecule has 3 rings (SSSR count). The van der Waals surface area contributed by atoms with Gasteiger partial charge in [-0.3, -0.25) is 4.79 Å². The second kappa shape index (κ2) is 6.34. The maximum Gasteiger partial charge on any atom is 0.239 e. The van der Waals surface area contributed by atoms with E-state index in [1.165, 1.54) is 6.07 Å². The zero-order chi connectivity index (χ0) is 16.4. The minimum absolute atomic E-state index is 0.0214. The summed E-state index contributed by atoms with van der Waals surface area (Å²) in [6, 6.07) is 11.6. The molecule has 0 atom stereocenters. The molecular weight excluding hydrogens is 402 g/mol. The third-order valence-electron chi connectivity index (χ3n) is 3.01. The third-order valence-corrected chi connectivity index (χ3v) is 5.69. The molecule has 6 nitrogen and oxygen atoms in total. The highest BCUT2D eigenvalue weighted by Crippen LogP contribution is 2.22. The van der Waals surface area contributed by atoms with E-state index in [1.807, 2.05) is 6.07 Å². The number of nitrogens with zero attached hydrogens (tertiary/aromatic N) is 2. The zero-order valence-corrected chi connectivity index (χ0v) is 14.8. The van der Waals surface area contributed by atoms with Crippen molar-refractivity contribution in [2.24, 2.45) is 0 Å². The van der Waals surface area contributed by atoms with E-state index in [2.05, 4.69) is 30.0 Å². The standard InChI is InChI=1S/C14H10BrN3O3S2/c15-9-3-1-4-10(7-9)16-13(19)8-23(20,21)12-6-2-5-11-14(12)18-22-17-11/h1-7H,8H2,(H,16,19). The SMILES string of the molecule is O=C(CS(=O)(=O)c1cccc2nsnc12)Nc1cccc(Br)c1. The second-order valence-electron chi connectivity index (χ2n) is 4.71. The molecule has 1 amide bonds. The van der Waals surface area contributed by atoms with Crippen LogP contribution in [0.2, 0.25) is 0 Å². The number of carbonyl (C=O) groups excluding carboxylic acids is 1. The number of rotatable bonds is 4. The topological polar surface area (TPSA) is 89.0 Å². The van der Waals surface area contributed by atoms with E-state index in [1.54, 1.807) is 30.3 Å². The Bertz CT molecular complexity index is 986. The number of nitrogens with one attached hydrogen (secondary N) is 1. The number of sulfone groups is 1. The monoisotopic (exact) mass is 411 g/mol. The van der Waals surface area contributed by atoms with Crippen molar-refractivity contribution < 1.29 is 13.2 Å². The van der Waals surface area contributed by atoms with Crippen molar-refractivity contribution in [1.29, 1.82) is 0 Å². The van der Waals surface area contributed by atoms with E-state index < -0.39 is 21.5 Å². The number of anilines is 1. The summed E-state index contributed by atoms with van der Waals surface area (Å²) in [7, 11) is -3.81. The molecule has 0 saturated heterocycles. The lowest BCUT2D eigenvalue weighted by Gasteiger charge is -2.07. The fourth-order valence-corrected chi connectivity index (χ4v) is 4.36. The van der Waals surface area contributed by atoms with Crippen molar-refractivity contribution in [3.63, 3.8) is 0 Å². The van der Waals surface area contributed by atoms with E-state index in [9.17, 15) is 13.2 Å². The number of fused-ring (bicyclic) bond motifs is 1. The summed E-state index contributed by atoms with van der Waals surface area (Å²) in [5.41, 5.74) is 1.32. The van der Waals surface area contributed by atoms with E-state index in [0.29, 0.717) is 16.7 Å². The molecule has 3 aromatic rings. The first kappa shape index (κ1) is 16.0. The van der Waals surface area contributed by atoms with Gasteiger partial charge in [0.25, 0.3) is 0 Å². The number of benzene rings is 2. The lowest BCUT2D eigenvalue weighted by Crippen LogP contribution is -2.23. The van der Waals surface area contributed by atoms with Gasteiger partial charge in [-0.15, -0.1) is 0 Å². The van der Waals surface area contributed by atoms with Gasteiger partial charge in [-0.25, -0.2) is 8.42 Å². The Balaban J connectivity index is 1.83. The molecule has 1 heterocycles. The van der Waals surface area contributed by atoms with E-state index in [4.69, 9.17) is 0 Å². The fourth-order valence-electron chi connectivity index (χ4n) is 2.05. The highest BCUT2D eigenvalue weighted by Gasteiger charge is 2.23. The number of amides is 1. The molecule has 0 aliphatic carbocycles. The first-order valence-corrected chi connectivity index (χ1v) is 9.63. The molecule has 2 aromatic carbocycles. The lowest BCUT2D eigenvalue weighted by atomic mass is 10.3. The number of carbonyl (C=O) groups is 1. The van der Waals surface area contributed by atoms with Crippen LogP contribution in [0.1, 0.15) is 0 Å². The summed E-state index contributed by atoms with van der Waals surface area (Å²) >= 11 is 4.23. The predicted molar refractivity (Wildman–Crippen MR) is 92.2 cm³/mol. The fraction of sp³-hybridized carbons (Fsp3) is 0.0714. The van der Waals surface area contributed by atoms with Crippen LogP contribution in [0.5, 0.6) is 0 Å². The molecule has 0 unspecified atom stereocenters. The Morgan fingerprint density at radius 2 is 1.96 bits per heavy atom. The Labute approximate surface area is 144 Å². The molecular formula is C14H10BrN3O3S2. The van der Waals surface area contributed by atoms with Crippen molar-refractivity contribution in [2.75, 3.05) is 11.1 Å². The third kappa shape index (κ3) is 3.57. The minimum Gasteiger partial charge on any atom is -0.325 e. The lowest BCUT2D eigenvalue weighted by molar-refractivity contribution is -0.113. The zero-order valence-electron chi connectivity index (χ0n) is 11.6. The van der Waals surface area contributed by atoms with Gasteiger partial charge in [0.15, 0.2) is 9.84 Å². The molecule has 0 spiro atoms. The Morgan fingerprint density at radius 3 is 2.74 bits per heavy atom. The van der Waals surface area contributed by atoms with Crippen LogP contribution in [0.4, 0.5) is 5.69 Å². The quantitative estimate of drug-likeness (QED) is 0.712. The van der Waals surface area contributed by atoms with Gasteiger partial charge in [0.2, 0.25) is 5.91 Å². The van der Waals surface area contributed by atoms with Crippen LogP contribution in [0, 0.1) is 0 Å². The highest BCUT2D eigenvalue weighted by molar-refractivity contribution is 9.10. The van der Waals surface area contributed by atoms with Crippen LogP contribution < -0.4 is 5.32 Å². The first-order chi connectivity index (χ1) is 11.0. The van der Waals surface area contributed by atoms with Crippen LogP contribution in [0.25, 0.3) is 11.0 Å². The van der Waals surface area contributed by atoms with Crippen LogP contribution in [0.3, 0.4) is 0 Å². The number of hydrogen-bond acceptors (Lipinski definition) is 6. The molecule has 0 saturated carbocycles. The van der Waals surface area contributed by atoms with Crippen LogP contribution in [0.15, 0.2) is 51.8 Å². The Morgan fingerprint density at radius 1 is 1.17 bits per heavy atom. The van der Waals surface area contributed by atoms with Crippen LogP contribution in [-0.4, -0.2) is 28.8 Å². The number of halogens is 1. The number of hydrogen-bond donors (Lipinski definition) is 1. The summed E-state index contributed by atoms with van der Waals surface area (Å²) in [6.45, 7) is 0. The molecule has 0 bridgehead atoms. The second-order valence-corrected chi connectivity index (χ2v) is 8.11.